The highest BCUT2D eigenvalue weighted by Crippen LogP contribution is 2.07. The van der Waals surface area contributed by atoms with Gasteiger partial charge in [-0.25, -0.2) is 4.79 Å². The van der Waals surface area contributed by atoms with E-state index < -0.39 is 6.09 Å². The summed E-state index contributed by atoms with van der Waals surface area (Å²) in [6.45, 7) is 3.49. The molecule has 0 unspecified atom stereocenters. The van der Waals surface area contributed by atoms with Gasteiger partial charge in [0.25, 0.3) is 0 Å². The third-order valence-corrected chi connectivity index (χ3v) is 1.62. The molecule has 1 amide bonds. The molecule has 1 aromatic rings. The maximum absolute atomic E-state index is 11.2. The van der Waals surface area contributed by atoms with Gasteiger partial charge in [-0.1, -0.05) is 12.1 Å². The summed E-state index contributed by atoms with van der Waals surface area (Å²) in [7, 11) is 0. The molecule has 1 radical (unpaired) electrons. The number of rotatable bonds is 5. The van der Waals surface area contributed by atoms with Crippen LogP contribution in [-0.4, -0.2) is 25.9 Å². The first-order chi connectivity index (χ1) is 7.33. The van der Waals surface area contributed by atoms with E-state index in [2.05, 4.69) is 11.4 Å². The number of ether oxygens (including phenoxy) is 2. The van der Waals surface area contributed by atoms with Crippen molar-refractivity contribution in [2.24, 2.45) is 0 Å². The molecule has 1 rings (SSSR count). The van der Waals surface area contributed by atoms with E-state index in [-0.39, 0.29) is 0 Å². The normalized spacial score (nSPS) is 9.67. The molecule has 81 valence electrons. The van der Waals surface area contributed by atoms with Gasteiger partial charge in [0.2, 0.25) is 0 Å². The molecule has 4 nitrogen and oxygen atoms in total. The van der Waals surface area contributed by atoms with E-state index in [1.807, 2.05) is 6.92 Å². The standard InChI is InChI=1S/C11H14NO3/c1-2-14-9-8-12-11(13)15-10-6-4-3-5-7-10/h4-7H,2,8-9H2,1H3,(H,12,13). The van der Waals surface area contributed by atoms with Crippen molar-refractivity contribution in [3.8, 4) is 5.75 Å². The molecule has 0 aliphatic carbocycles. The molecule has 15 heavy (non-hydrogen) atoms. The van der Waals surface area contributed by atoms with Gasteiger partial charge in [0.05, 0.1) is 6.61 Å². The molecule has 0 fully saturated rings. The summed E-state index contributed by atoms with van der Waals surface area (Å²) >= 11 is 0. The van der Waals surface area contributed by atoms with E-state index in [9.17, 15) is 4.79 Å². The average Bonchev–Trinajstić information content (AvgIpc) is 2.26. The van der Waals surface area contributed by atoms with Gasteiger partial charge in [-0.05, 0) is 25.1 Å². The number of carbonyl (C=O) groups excluding carboxylic acids is 1. The van der Waals surface area contributed by atoms with Gasteiger partial charge in [-0.2, -0.15) is 0 Å². The Morgan fingerprint density at radius 2 is 2.20 bits per heavy atom. The Morgan fingerprint density at radius 3 is 2.87 bits per heavy atom. The predicted octanol–water partition coefficient (Wildman–Crippen LogP) is 1.61. The summed E-state index contributed by atoms with van der Waals surface area (Å²) < 4.78 is 10.0. The second kappa shape index (κ2) is 6.84. The minimum atomic E-state index is -0.471. The van der Waals surface area contributed by atoms with Crippen LogP contribution in [-0.2, 0) is 4.74 Å². The molecule has 0 saturated heterocycles. The quantitative estimate of drug-likeness (QED) is 0.748. The van der Waals surface area contributed by atoms with Crippen LogP contribution in [0.4, 0.5) is 4.79 Å². The largest absolute Gasteiger partial charge is 0.412 e. The first kappa shape index (κ1) is 11.5. The van der Waals surface area contributed by atoms with Crippen LogP contribution in [0.5, 0.6) is 5.75 Å². The minimum Gasteiger partial charge on any atom is -0.410 e. The molecule has 1 aromatic carbocycles. The predicted molar refractivity (Wildman–Crippen MR) is 55.8 cm³/mol. The molecule has 0 bridgehead atoms. The number of carbonyl (C=O) groups is 1. The van der Waals surface area contributed by atoms with Crippen molar-refractivity contribution < 1.29 is 14.3 Å². The molecule has 0 aliphatic heterocycles. The molecule has 4 heteroatoms. The Labute approximate surface area is 89.2 Å². The highest BCUT2D eigenvalue weighted by molar-refractivity contribution is 5.70. The van der Waals surface area contributed by atoms with Gasteiger partial charge in [-0.15, -0.1) is 0 Å². The SMILES string of the molecule is CCOCCNC(=O)Oc1cc[c]cc1. The lowest BCUT2D eigenvalue weighted by molar-refractivity contribution is 0.145. The Balaban J connectivity index is 2.19. The summed E-state index contributed by atoms with van der Waals surface area (Å²) in [5.41, 5.74) is 0. The molecule has 0 atom stereocenters. The van der Waals surface area contributed by atoms with Crippen LogP contribution in [0.25, 0.3) is 0 Å². The van der Waals surface area contributed by atoms with Gasteiger partial charge < -0.3 is 14.8 Å². The Bertz CT molecular complexity index is 287. The molecule has 0 aliphatic rings. The van der Waals surface area contributed by atoms with Gasteiger partial charge >= 0.3 is 6.09 Å². The Kier molecular flexibility index (Phi) is 5.25. The van der Waals surface area contributed by atoms with Crippen molar-refractivity contribution >= 4 is 6.09 Å². The van der Waals surface area contributed by atoms with Crippen molar-refractivity contribution in [3.05, 3.63) is 30.3 Å². The molecular formula is C11H14NO3. The lowest BCUT2D eigenvalue weighted by Gasteiger charge is -2.05. The van der Waals surface area contributed by atoms with E-state index in [1.165, 1.54) is 0 Å². The molecular weight excluding hydrogens is 194 g/mol. The van der Waals surface area contributed by atoms with E-state index in [1.54, 1.807) is 24.3 Å². The van der Waals surface area contributed by atoms with Crippen LogP contribution in [0.3, 0.4) is 0 Å². The average molecular weight is 208 g/mol. The number of amides is 1. The smallest absolute Gasteiger partial charge is 0.410 e. The lowest BCUT2D eigenvalue weighted by atomic mass is 10.3. The molecule has 1 N–H and O–H groups in total. The number of nitrogens with one attached hydrogen (secondary N) is 1. The van der Waals surface area contributed by atoms with Crippen LogP contribution >= 0.6 is 0 Å². The van der Waals surface area contributed by atoms with E-state index in [0.717, 1.165) is 0 Å². The summed E-state index contributed by atoms with van der Waals surface area (Å²) in [5.74, 6) is 0.502. The van der Waals surface area contributed by atoms with Crippen molar-refractivity contribution in [3.63, 3.8) is 0 Å². The molecule has 0 heterocycles. The maximum atomic E-state index is 11.2. The second-order valence-corrected chi connectivity index (χ2v) is 2.75. The van der Waals surface area contributed by atoms with E-state index in [0.29, 0.717) is 25.5 Å². The Hall–Kier alpha value is -1.55. The maximum Gasteiger partial charge on any atom is 0.412 e. The zero-order valence-corrected chi connectivity index (χ0v) is 8.66. The van der Waals surface area contributed by atoms with Gasteiger partial charge in [0.15, 0.2) is 0 Å². The fraction of sp³-hybridized carbons (Fsp3) is 0.364. The van der Waals surface area contributed by atoms with Crippen molar-refractivity contribution in [1.29, 1.82) is 0 Å². The zero-order chi connectivity index (χ0) is 10.9. The summed E-state index contributed by atoms with van der Waals surface area (Å²) in [6, 6.07) is 9.54. The topological polar surface area (TPSA) is 47.6 Å². The number of hydrogen-bond donors (Lipinski definition) is 1. The number of hydrogen-bond acceptors (Lipinski definition) is 3. The first-order valence-corrected chi connectivity index (χ1v) is 4.82. The lowest BCUT2D eigenvalue weighted by Crippen LogP contribution is -2.30. The van der Waals surface area contributed by atoms with Crippen molar-refractivity contribution in [2.75, 3.05) is 19.8 Å². The van der Waals surface area contributed by atoms with Crippen molar-refractivity contribution in [1.82, 2.24) is 5.32 Å². The van der Waals surface area contributed by atoms with Crippen LogP contribution < -0.4 is 10.1 Å². The van der Waals surface area contributed by atoms with Gasteiger partial charge in [0, 0.05) is 13.2 Å². The van der Waals surface area contributed by atoms with Gasteiger partial charge in [0.1, 0.15) is 5.75 Å². The summed E-state index contributed by atoms with van der Waals surface area (Å²) in [6.07, 6.45) is -0.471. The zero-order valence-electron chi connectivity index (χ0n) is 8.66. The number of benzene rings is 1. The molecule has 0 aromatic heterocycles. The van der Waals surface area contributed by atoms with Crippen LogP contribution in [0.15, 0.2) is 24.3 Å². The Morgan fingerprint density at radius 1 is 1.47 bits per heavy atom. The highest BCUT2D eigenvalue weighted by atomic mass is 16.6. The fourth-order valence-electron chi connectivity index (χ4n) is 0.952. The van der Waals surface area contributed by atoms with Crippen LogP contribution in [0.2, 0.25) is 0 Å². The highest BCUT2D eigenvalue weighted by Gasteiger charge is 2.01. The van der Waals surface area contributed by atoms with Crippen LogP contribution in [0.1, 0.15) is 6.92 Å². The monoisotopic (exact) mass is 208 g/mol. The fourth-order valence-corrected chi connectivity index (χ4v) is 0.952. The minimum absolute atomic E-state index is 0.450. The third kappa shape index (κ3) is 5.02. The summed E-state index contributed by atoms with van der Waals surface area (Å²) in [5, 5.41) is 2.57. The molecule has 0 saturated carbocycles. The van der Waals surface area contributed by atoms with Crippen molar-refractivity contribution in [2.45, 2.75) is 6.92 Å². The van der Waals surface area contributed by atoms with E-state index >= 15 is 0 Å². The van der Waals surface area contributed by atoms with E-state index in [4.69, 9.17) is 9.47 Å². The molecule has 0 spiro atoms. The first-order valence-electron chi connectivity index (χ1n) is 4.82. The van der Waals surface area contributed by atoms with Crippen LogP contribution in [0, 0.1) is 6.07 Å². The third-order valence-electron chi connectivity index (χ3n) is 1.62. The second-order valence-electron chi connectivity index (χ2n) is 2.75. The summed E-state index contributed by atoms with van der Waals surface area (Å²) in [4.78, 5) is 11.2. The van der Waals surface area contributed by atoms with Gasteiger partial charge in [-0.3, -0.25) is 0 Å².